The van der Waals surface area contributed by atoms with Crippen LogP contribution in [0.5, 0.6) is 0 Å². The first-order valence-corrected chi connectivity index (χ1v) is 8.15. The molecule has 23 heavy (non-hydrogen) atoms. The largest absolute Gasteiger partial charge is 0.332 e. The van der Waals surface area contributed by atoms with Crippen LogP contribution in [0.2, 0.25) is 0 Å². The van der Waals surface area contributed by atoms with Crippen LogP contribution in [0.3, 0.4) is 0 Å². The van der Waals surface area contributed by atoms with Crippen molar-refractivity contribution in [3.05, 3.63) is 70.7 Å². The number of amides is 1. The highest BCUT2D eigenvalue weighted by atomic mass is 32.1. The van der Waals surface area contributed by atoms with E-state index in [4.69, 9.17) is 0 Å². The number of hydrogen-bond acceptors (Lipinski definition) is 4. The first kappa shape index (κ1) is 15.2. The second kappa shape index (κ2) is 6.62. The zero-order valence-electron chi connectivity index (χ0n) is 13.0. The van der Waals surface area contributed by atoms with Crippen molar-refractivity contribution in [3.8, 4) is 0 Å². The van der Waals surface area contributed by atoms with Crippen molar-refractivity contribution in [2.45, 2.75) is 13.8 Å². The Morgan fingerprint density at radius 2 is 1.91 bits per heavy atom. The minimum Gasteiger partial charge on any atom is -0.332 e. The van der Waals surface area contributed by atoms with Gasteiger partial charge in [-0.1, -0.05) is 12.1 Å². The standard InChI is InChI=1S/C18H17N3OS/c1-12-6-7-16(10-13(12)2)20-17(22)14-4-3-5-15(11-14)21-18-19-8-9-23-18/h3-11H,1-2H3,(H,19,21)(H,20,22). The lowest BCUT2D eigenvalue weighted by molar-refractivity contribution is 0.102. The topological polar surface area (TPSA) is 54.0 Å². The molecular formula is C18H17N3OS. The van der Waals surface area contributed by atoms with Crippen LogP contribution in [0, 0.1) is 13.8 Å². The molecule has 0 radical (unpaired) electrons. The lowest BCUT2D eigenvalue weighted by Crippen LogP contribution is -2.12. The van der Waals surface area contributed by atoms with Gasteiger partial charge in [0.25, 0.3) is 5.91 Å². The molecule has 0 atom stereocenters. The predicted molar refractivity (Wildman–Crippen MR) is 95.7 cm³/mol. The summed E-state index contributed by atoms with van der Waals surface area (Å²) in [6.45, 7) is 4.08. The fourth-order valence-corrected chi connectivity index (χ4v) is 2.72. The Bertz CT molecular complexity index is 828. The molecule has 5 heteroatoms. The molecule has 4 nitrogen and oxygen atoms in total. The van der Waals surface area contributed by atoms with Gasteiger partial charge in [0.2, 0.25) is 0 Å². The molecular weight excluding hydrogens is 306 g/mol. The van der Waals surface area contributed by atoms with Crippen molar-refractivity contribution in [2.75, 3.05) is 10.6 Å². The SMILES string of the molecule is Cc1ccc(NC(=O)c2cccc(Nc3nccs3)c2)cc1C. The number of aromatic nitrogens is 1. The molecule has 2 aromatic carbocycles. The minimum absolute atomic E-state index is 0.129. The second-order valence-corrected chi connectivity index (χ2v) is 6.19. The van der Waals surface area contributed by atoms with Crippen LogP contribution in [0.25, 0.3) is 0 Å². The van der Waals surface area contributed by atoms with Gasteiger partial charge in [-0.25, -0.2) is 4.98 Å². The van der Waals surface area contributed by atoms with Crippen molar-refractivity contribution < 1.29 is 4.79 Å². The van der Waals surface area contributed by atoms with E-state index in [0.717, 1.165) is 22.1 Å². The van der Waals surface area contributed by atoms with Gasteiger partial charge in [0.15, 0.2) is 5.13 Å². The zero-order valence-corrected chi connectivity index (χ0v) is 13.8. The van der Waals surface area contributed by atoms with E-state index in [2.05, 4.69) is 22.5 Å². The van der Waals surface area contributed by atoms with Crippen molar-refractivity contribution in [1.82, 2.24) is 4.98 Å². The second-order valence-electron chi connectivity index (χ2n) is 5.30. The van der Waals surface area contributed by atoms with Gasteiger partial charge in [0.05, 0.1) is 0 Å². The lowest BCUT2D eigenvalue weighted by atomic mass is 10.1. The van der Waals surface area contributed by atoms with Gasteiger partial charge in [-0.2, -0.15) is 0 Å². The molecule has 1 aromatic heterocycles. The van der Waals surface area contributed by atoms with E-state index >= 15 is 0 Å². The van der Waals surface area contributed by atoms with Gasteiger partial charge in [0.1, 0.15) is 0 Å². The predicted octanol–water partition coefficient (Wildman–Crippen LogP) is 4.76. The maximum absolute atomic E-state index is 12.4. The molecule has 1 heterocycles. The Kier molecular flexibility index (Phi) is 4.39. The van der Waals surface area contributed by atoms with Crippen molar-refractivity contribution >= 4 is 33.8 Å². The fraction of sp³-hybridized carbons (Fsp3) is 0.111. The monoisotopic (exact) mass is 323 g/mol. The van der Waals surface area contributed by atoms with E-state index in [0.29, 0.717) is 5.56 Å². The van der Waals surface area contributed by atoms with Gasteiger partial charge < -0.3 is 10.6 Å². The maximum atomic E-state index is 12.4. The number of nitrogens with zero attached hydrogens (tertiary/aromatic N) is 1. The van der Waals surface area contributed by atoms with Gasteiger partial charge in [0, 0.05) is 28.5 Å². The summed E-state index contributed by atoms with van der Waals surface area (Å²) in [4.78, 5) is 16.6. The molecule has 0 aliphatic heterocycles. The molecule has 0 bridgehead atoms. The number of carbonyl (C=O) groups excluding carboxylic acids is 1. The van der Waals surface area contributed by atoms with Crippen LogP contribution >= 0.6 is 11.3 Å². The Labute approximate surface area is 139 Å². The van der Waals surface area contributed by atoms with Gasteiger partial charge in [-0.3, -0.25) is 4.79 Å². The number of anilines is 3. The summed E-state index contributed by atoms with van der Waals surface area (Å²) in [5, 5.41) is 8.82. The maximum Gasteiger partial charge on any atom is 0.255 e. The summed E-state index contributed by atoms with van der Waals surface area (Å²) < 4.78 is 0. The third kappa shape index (κ3) is 3.76. The van der Waals surface area contributed by atoms with E-state index in [1.54, 1.807) is 12.3 Å². The van der Waals surface area contributed by atoms with E-state index in [9.17, 15) is 4.79 Å². The molecule has 2 N–H and O–H groups in total. The van der Waals surface area contributed by atoms with Crippen LogP contribution in [0.15, 0.2) is 54.0 Å². The molecule has 0 unspecified atom stereocenters. The average molecular weight is 323 g/mol. The fourth-order valence-electron chi connectivity index (χ4n) is 2.17. The highest BCUT2D eigenvalue weighted by molar-refractivity contribution is 7.13. The van der Waals surface area contributed by atoms with Crippen molar-refractivity contribution in [2.24, 2.45) is 0 Å². The summed E-state index contributed by atoms with van der Waals surface area (Å²) in [5.74, 6) is -0.129. The quantitative estimate of drug-likeness (QED) is 0.728. The zero-order chi connectivity index (χ0) is 16.2. The van der Waals surface area contributed by atoms with E-state index in [1.165, 1.54) is 16.9 Å². The molecule has 0 fully saturated rings. The molecule has 1 amide bonds. The van der Waals surface area contributed by atoms with Gasteiger partial charge in [-0.15, -0.1) is 11.3 Å². The molecule has 0 aliphatic rings. The highest BCUT2D eigenvalue weighted by Gasteiger charge is 2.08. The molecule has 116 valence electrons. The molecule has 3 rings (SSSR count). The summed E-state index contributed by atoms with van der Waals surface area (Å²) in [6, 6.07) is 13.3. The third-order valence-corrected chi connectivity index (χ3v) is 4.26. The van der Waals surface area contributed by atoms with Crippen LogP contribution in [0.4, 0.5) is 16.5 Å². The Balaban J connectivity index is 1.75. The van der Waals surface area contributed by atoms with Crippen LogP contribution < -0.4 is 10.6 Å². The summed E-state index contributed by atoms with van der Waals surface area (Å²) in [7, 11) is 0. The highest BCUT2D eigenvalue weighted by Crippen LogP contribution is 2.20. The Morgan fingerprint density at radius 3 is 2.65 bits per heavy atom. The van der Waals surface area contributed by atoms with Crippen LogP contribution in [0.1, 0.15) is 21.5 Å². The summed E-state index contributed by atoms with van der Waals surface area (Å²) in [5.41, 5.74) is 4.61. The molecule has 0 aliphatic carbocycles. The molecule has 0 saturated heterocycles. The Hall–Kier alpha value is -2.66. The normalized spacial score (nSPS) is 10.3. The van der Waals surface area contributed by atoms with Crippen LogP contribution in [-0.2, 0) is 0 Å². The third-order valence-electron chi connectivity index (χ3n) is 3.57. The molecule has 0 saturated carbocycles. The van der Waals surface area contributed by atoms with E-state index in [-0.39, 0.29) is 5.91 Å². The molecule has 0 spiro atoms. The number of carbonyl (C=O) groups is 1. The summed E-state index contributed by atoms with van der Waals surface area (Å²) >= 11 is 1.51. The van der Waals surface area contributed by atoms with Crippen LogP contribution in [-0.4, -0.2) is 10.9 Å². The van der Waals surface area contributed by atoms with E-state index in [1.807, 2.05) is 48.7 Å². The minimum atomic E-state index is -0.129. The number of thiazole rings is 1. The van der Waals surface area contributed by atoms with Crippen molar-refractivity contribution in [3.63, 3.8) is 0 Å². The summed E-state index contributed by atoms with van der Waals surface area (Å²) in [6.07, 6.45) is 1.74. The smallest absolute Gasteiger partial charge is 0.255 e. The van der Waals surface area contributed by atoms with Crippen molar-refractivity contribution in [1.29, 1.82) is 0 Å². The number of rotatable bonds is 4. The van der Waals surface area contributed by atoms with Gasteiger partial charge >= 0.3 is 0 Å². The number of hydrogen-bond donors (Lipinski definition) is 2. The van der Waals surface area contributed by atoms with E-state index < -0.39 is 0 Å². The average Bonchev–Trinajstić information content (AvgIpc) is 3.04. The molecule has 3 aromatic rings. The first-order chi connectivity index (χ1) is 11.1. The lowest BCUT2D eigenvalue weighted by Gasteiger charge is -2.09. The number of aryl methyl sites for hydroxylation is 2. The Morgan fingerprint density at radius 1 is 1.04 bits per heavy atom. The first-order valence-electron chi connectivity index (χ1n) is 7.27. The number of benzene rings is 2. The number of nitrogens with one attached hydrogen (secondary N) is 2. The van der Waals surface area contributed by atoms with Gasteiger partial charge in [-0.05, 0) is 55.3 Å².